The van der Waals surface area contributed by atoms with Crippen molar-refractivity contribution in [1.82, 2.24) is 0 Å². The molecule has 0 radical (unpaired) electrons. The van der Waals surface area contributed by atoms with Crippen LogP contribution < -0.4 is 0 Å². The number of fused-ring (bicyclic) bond motifs is 20. The second kappa shape index (κ2) is 66.9. The SMILES string of the molecule is CC.CC.CC.CC.CC.CC.CC.CC.CC.CC.CC.CC.CC.Cc1cc2ccccc2c2ccccc12.Cc1ccc2c(ccc3ccccc32)c1.Cc1ccc2c3ccccc3c3ccccc3c2c1.Cc1ccc2ccccc2c1.Cc1cccc2c3ccccc3c3ccccc3c12.Cc1cccc2ccccc12.Cc1ccccc1. The van der Waals surface area contributed by atoms with E-state index in [2.05, 4.69) is 388 Å². The Bertz CT molecular complexity index is 5820. The van der Waals surface area contributed by atoms with Gasteiger partial charge >= 0.3 is 0 Å². The molecule has 0 aliphatic rings. The first-order chi connectivity index (χ1) is 60.5. The lowest BCUT2D eigenvalue weighted by atomic mass is 9.92. The van der Waals surface area contributed by atoms with Gasteiger partial charge in [-0.15, -0.1) is 0 Å². The van der Waals surface area contributed by atoms with E-state index in [4.69, 9.17) is 0 Å². The second-order valence-corrected chi connectivity index (χ2v) is 25.5. The van der Waals surface area contributed by atoms with Crippen molar-refractivity contribution in [3.8, 4) is 0 Å². The molecule has 19 aromatic rings. The Hall–Kier alpha value is -11.7. The van der Waals surface area contributed by atoms with Gasteiger partial charge in [-0.05, 0) is 194 Å². The van der Waals surface area contributed by atoms with E-state index in [-0.39, 0.29) is 0 Å². The van der Waals surface area contributed by atoms with Gasteiger partial charge in [0.1, 0.15) is 0 Å². The predicted molar refractivity (Wildman–Crippen MR) is 576 cm³/mol. The number of benzene rings is 19. The Morgan fingerprint density at radius 3 is 0.772 bits per heavy atom. The summed E-state index contributed by atoms with van der Waals surface area (Å²) in [4.78, 5) is 0. The Morgan fingerprint density at radius 2 is 0.341 bits per heavy atom. The van der Waals surface area contributed by atoms with Gasteiger partial charge in [-0.2, -0.15) is 0 Å². The zero-order valence-electron chi connectivity index (χ0n) is 82.6. The van der Waals surface area contributed by atoms with Gasteiger partial charge in [-0.3, -0.25) is 0 Å². The van der Waals surface area contributed by atoms with E-state index in [9.17, 15) is 0 Å². The zero-order valence-corrected chi connectivity index (χ0v) is 82.6. The highest BCUT2D eigenvalue weighted by molar-refractivity contribution is 6.27. The van der Waals surface area contributed by atoms with Crippen LogP contribution in [0.2, 0.25) is 0 Å². The van der Waals surface area contributed by atoms with Gasteiger partial charge in [0, 0.05) is 0 Å². The molecule has 0 atom stereocenters. The summed E-state index contributed by atoms with van der Waals surface area (Å²) in [7, 11) is 0. The van der Waals surface area contributed by atoms with Crippen molar-refractivity contribution in [3.63, 3.8) is 0 Å². The molecule has 0 saturated heterocycles. The topological polar surface area (TPSA) is 0 Å². The molecule has 0 aliphatic heterocycles. The minimum atomic E-state index is 1.31. The maximum Gasteiger partial charge on any atom is -0.00697 e. The van der Waals surface area contributed by atoms with E-state index < -0.39 is 0 Å². The van der Waals surface area contributed by atoms with Gasteiger partial charge in [0.25, 0.3) is 0 Å². The van der Waals surface area contributed by atoms with E-state index in [1.54, 1.807) is 0 Å². The molecule has 0 heteroatoms. The molecule has 650 valence electrons. The van der Waals surface area contributed by atoms with Crippen LogP contribution >= 0.6 is 0 Å². The molecular formula is C123H158. The number of aryl methyl sites for hydroxylation is 7. The van der Waals surface area contributed by atoms with E-state index in [1.807, 2.05) is 198 Å². The molecule has 0 saturated carbocycles. The molecule has 0 aliphatic carbocycles. The highest BCUT2D eigenvalue weighted by Crippen LogP contribution is 2.38. The molecule has 123 heavy (non-hydrogen) atoms. The smallest absolute Gasteiger partial charge is 0.00697 e. The molecule has 19 rings (SSSR count). The van der Waals surface area contributed by atoms with Crippen LogP contribution in [0.3, 0.4) is 0 Å². The monoisotopic (exact) mass is 1640 g/mol. The summed E-state index contributed by atoms with van der Waals surface area (Å²) in [5.74, 6) is 0. The standard InChI is InChI=1S/2C19H14.2C15H12.2C11H10.C7H8.13C2H6/c1-13-7-6-12-18-16-9-3-2-8-14(16)15-10-4-5-11-17(15)19(13)18;1-13-10-11-18-16-8-3-2-6-14(16)15-7-4-5-9-17(15)19(18)12-13;1-11-10-12-6-2-3-8-14(12)15-9-5-4-7-13(11)15;1-11-6-9-15-13(10-11)8-7-12-4-2-3-5-14(12)15;1-9-5-4-7-10-6-2-3-8-11(9)10;1-9-6-7-10-4-2-3-5-11(10)8-9;1-7-5-3-2-4-6-7;13*1-2/h2*2-12H,1H3;2*2-10H,1H3;2*2-8H,1H3;2-6H,1H3;13*1-2H3. The van der Waals surface area contributed by atoms with E-state index in [0.717, 1.165) is 0 Å². The zero-order chi connectivity index (χ0) is 92.6. The summed E-state index contributed by atoms with van der Waals surface area (Å²) >= 11 is 0. The average Bonchev–Trinajstić information content (AvgIpc) is 0.744. The largest absolute Gasteiger partial charge is 0.0683 e. The Morgan fingerprint density at radius 1 is 0.106 bits per heavy atom. The fourth-order valence-corrected chi connectivity index (χ4v) is 13.8. The first kappa shape index (κ1) is 111. The van der Waals surface area contributed by atoms with Gasteiger partial charge < -0.3 is 0 Å². The van der Waals surface area contributed by atoms with Crippen molar-refractivity contribution in [3.05, 3.63) is 397 Å². The Kier molecular flexibility index (Phi) is 60.6. The Labute approximate surface area is 749 Å². The fourth-order valence-electron chi connectivity index (χ4n) is 13.8. The maximum absolute atomic E-state index is 2.30. The van der Waals surface area contributed by atoms with Gasteiger partial charge in [0.05, 0.1) is 0 Å². The highest BCUT2D eigenvalue weighted by Gasteiger charge is 2.11. The molecule has 0 spiro atoms. The summed E-state index contributed by atoms with van der Waals surface area (Å²) in [6.45, 7) is 67.0. The number of hydrogen-bond acceptors (Lipinski definition) is 0. The minimum Gasteiger partial charge on any atom is -0.0683 e. The molecular weight excluding hydrogens is 1480 g/mol. The second-order valence-electron chi connectivity index (χ2n) is 25.5. The van der Waals surface area contributed by atoms with Crippen molar-refractivity contribution in [2.24, 2.45) is 0 Å². The lowest BCUT2D eigenvalue weighted by Gasteiger charge is -2.11. The van der Waals surface area contributed by atoms with Gasteiger partial charge in [0.15, 0.2) is 0 Å². The van der Waals surface area contributed by atoms with Crippen molar-refractivity contribution in [1.29, 1.82) is 0 Å². The van der Waals surface area contributed by atoms with Crippen LogP contribution in [0.5, 0.6) is 0 Å². The van der Waals surface area contributed by atoms with Crippen LogP contribution in [0.1, 0.15) is 219 Å². The third-order valence-electron chi connectivity index (χ3n) is 18.6. The number of rotatable bonds is 0. The highest BCUT2D eigenvalue weighted by atomic mass is 14.1. The van der Waals surface area contributed by atoms with Gasteiger partial charge in [-0.25, -0.2) is 0 Å². The van der Waals surface area contributed by atoms with Gasteiger partial charge in [-0.1, -0.05) is 560 Å². The summed E-state index contributed by atoms with van der Waals surface area (Å²) in [5, 5.41) is 32.3. The third-order valence-corrected chi connectivity index (χ3v) is 18.6. The predicted octanol–water partition coefficient (Wildman–Crippen LogP) is 41.1. The van der Waals surface area contributed by atoms with Crippen molar-refractivity contribution in [2.45, 2.75) is 228 Å². The normalized spacial score (nSPS) is 9.18. The van der Waals surface area contributed by atoms with Gasteiger partial charge in [0.2, 0.25) is 0 Å². The average molecular weight is 1640 g/mol. The Balaban J connectivity index is 0.00000137. The fraction of sp³-hybridized carbons (Fsp3) is 0.268. The van der Waals surface area contributed by atoms with Crippen LogP contribution in [0.4, 0.5) is 0 Å². The maximum atomic E-state index is 2.30. The number of hydrogen-bond donors (Lipinski definition) is 0. The molecule has 0 heterocycles. The van der Waals surface area contributed by atoms with E-state index >= 15 is 0 Å². The van der Waals surface area contributed by atoms with Crippen molar-refractivity contribution >= 4 is 129 Å². The van der Waals surface area contributed by atoms with Crippen LogP contribution in [0, 0.1) is 48.5 Å². The summed E-state index contributed by atoms with van der Waals surface area (Å²) in [6, 6.07) is 127. The van der Waals surface area contributed by atoms with E-state index in [0.29, 0.717) is 0 Å². The molecule has 0 amide bonds. The molecule has 19 aromatic carbocycles. The lowest BCUT2D eigenvalue weighted by molar-refractivity contribution is 1.48. The molecule has 0 unspecified atom stereocenters. The molecule has 0 aromatic heterocycles. The third kappa shape index (κ3) is 32.6. The molecule has 0 N–H and O–H groups in total. The van der Waals surface area contributed by atoms with E-state index in [1.165, 1.54) is 168 Å². The summed E-state index contributed by atoms with van der Waals surface area (Å²) in [5.41, 5.74) is 9.32. The van der Waals surface area contributed by atoms with Crippen LogP contribution in [-0.2, 0) is 0 Å². The first-order valence-corrected chi connectivity index (χ1v) is 46.8. The van der Waals surface area contributed by atoms with Crippen molar-refractivity contribution < 1.29 is 0 Å². The van der Waals surface area contributed by atoms with Crippen LogP contribution in [0.15, 0.2) is 358 Å². The van der Waals surface area contributed by atoms with Crippen molar-refractivity contribution in [2.75, 3.05) is 0 Å². The van der Waals surface area contributed by atoms with Crippen LogP contribution in [0.25, 0.3) is 129 Å². The quantitative estimate of drug-likeness (QED) is 0.133. The molecule has 0 fully saturated rings. The summed E-state index contributed by atoms with van der Waals surface area (Å²) < 4.78 is 0. The lowest BCUT2D eigenvalue weighted by Crippen LogP contribution is -1.85. The molecule has 0 bridgehead atoms. The summed E-state index contributed by atoms with van der Waals surface area (Å²) in [6.07, 6.45) is 0. The minimum absolute atomic E-state index is 1.31. The van der Waals surface area contributed by atoms with Crippen LogP contribution in [-0.4, -0.2) is 0 Å². The molecule has 0 nitrogen and oxygen atoms in total. The first-order valence-electron chi connectivity index (χ1n) is 46.8.